The van der Waals surface area contributed by atoms with Crippen molar-refractivity contribution in [2.75, 3.05) is 37.7 Å². The van der Waals surface area contributed by atoms with Crippen molar-refractivity contribution in [1.29, 1.82) is 0 Å². The fourth-order valence-electron chi connectivity index (χ4n) is 7.71. The summed E-state index contributed by atoms with van der Waals surface area (Å²) >= 11 is 13.2. The van der Waals surface area contributed by atoms with Crippen LogP contribution in [0.25, 0.3) is 22.0 Å². The van der Waals surface area contributed by atoms with Crippen LogP contribution >= 0.6 is 23.2 Å². The molecule has 0 unspecified atom stereocenters. The maximum absolute atomic E-state index is 15.6. The van der Waals surface area contributed by atoms with E-state index in [2.05, 4.69) is 4.98 Å². The minimum atomic E-state index is -0.934. The number of nitrogens with zero attached hydrogens (tertiary/aromatic N) is 5. The molecule has 3 aliphatic heterocycles. The van der Waals surface area contributed by atoms with Gasteiger partial charge in [0.05, 0.1) is 22.2 Å². The van der Waals surface area contributed by atoms with Crippen LogP contribution in [0, 0.1) is 17.0 Å². The van der Waals surface area contributed by atoms with Crippen molar-refractivity contribution in [3.8, 4) is 16.9 Å². The number of ether oxygens (including phenoxy) is 3. The van der Waals surface area contributed by atoms with Gasteiger partial charge in [-0.25, -0.2) is 23.2 Å². The molecule has 7 rings (SSSR count). The predicted molar refractivity (Wildman–Crippen MR) is 206 cm³/mol. The number of amides is 2. The molecule has 3 aromatic carbocycles. The van der Waals surface area contributed by atoms with Crippen LogP contribution in [0.1, 0.15) is 53.0 Å². The summed E-state index contributed by atoms with van der Waals surface area (Å²) in [6, 6.07) is 12.3. The molecule has 2 fully saturated rings. The summed E-state index contributed by atoms with van der Waals surface area (Å²) in [7, 11) is 0. The van der Waals surface area contributed by atoms with Crippen molar-refractivity contribution in [3.05, 3.63) is 86.3 Å². The highest BCUT2D eigenvalue weighted by Gasteiger charge is 2.42. The molecule has 0 radical (unpaired) electrons. The highest BCUT2D eigenvalue weighted by atomic mass is 35.5. The number of rotatable bonds is 4. The van der Waals surface area contributed by atoms with Crippen molar-refractivity contribution >= 4 is 52.1 Å². The number of piperidine rings is 1. The van der Waals surface area contributed by atoms with Crippen LogP contribution < -0.4 is 15.3 Å². The van der Waals surface area contributed by atoms with Crippen LogP contribution in [0.4, 0.5) is 24.2 Å². The van der Waals surface area contributed by atoms with Crippen LogP contribution in [0.5, 0.6) is 5.75 Å². The number of halogens is 4. The van der Waals surface area contributed by atoms with Crippen molar-refractivity contribution in [2.45, 2.75) is 78.3 Å². The molecule has 0 N–H and O–H groups in total. The SMILES string of the molecule is C[C@@H]1CN(c2nc(=O)n3c4c(c(-c5cc(Cl)c(F)cc5F)c(Cl)cc24)OCC2(CCN(C(=O)OCc4ccccc4)CC2)C3)[C@@H](C)CN1C(=O)OC(C)(C)C. The molecule has 4 heterocycles. The normalized spacial score (nSPS) is 19.6. The van der Waals surface area contributed by atoms with Crippen LogP contribution in [0.2, 0.25) is 10.0 Å². The molecule has 292 valence electrons. The molecule has 1 spiro atoms. The highest BCUT2D eigenvalue weighted by molar-refractivity contribution is 6.35. The Hall–Kier alpha value is -4.62. The lowest BCUT2D eigenvalue weighted by atomic mass is 9.79. The molecule has 2 atom stereocenters. The lowest BCUT2D eigenvalue weighted by molar-refractivity contribution is 0.0130. The van der Waals surface area contributed by atoms with Gasteiger partial charge in [0.25, 0.3) is 0 Å². The number of likely N-dealkylation sites (tertiary alicyclic amines) is 1. The molecule has 15 heteroatoms. The summed E-state index contributed by atoms with van der Waals surface area (Å²) in [5, 5.41) is 0.257. The van der Waals surface area contributed by atoms with E-state index in [1.165, 1.54) is 0 Å². The topological polar surface area (TPSA) is 106 Å². The first-order chi connectivity index (χ1) is 26.0. The third kappa shape index (κ3) is 7.65. The number of piperazine rings is 1. The summed E-state index contributed by atoms with van der Waals surface area (Å²) < 4.78 is 49.5. The van der Waals surface area contributed by atoms with Gasteiger partial charge in [-0.05, 0) is 65.2 Å². The summed E-state index contributed by atoms with van der Waals surface area (Å²) in [6.45, 7) is 11.0. The zero-order valence-electron chi connectivity index (χ0n) is 31.3. The van der Waals surface area contributed by atoms with Crippen LogP contribution in [-0.2, 0) is 22.6 Å². The van der Waals surface area contributed by atoms with E-state index in [1.807, 2.05) is 69.9 Å². The Labute approximate surface area is 327 Å². The van der Waals surface area contributed by atoms with Gasteiger partial charge in [-0.15, -0.1) is 0 Å². The van der Waals surface area contributed by atoms with E-state index >= 15 is 4.39 Å². The smallest absolute Gasteiger partial charge is 0.410 e. The zero-order valence-corrected chi connectivity index (χ0v) is 32.8. The number of benzene rings is 3. The molecule has 0 bridgehead atoms. The Morgan fingerprint density at radius 3 is 2.36 bits per heavy atom. The van der Waals surface area contributed by atoms with E-state index in [4.69, 9.17) is 37.4 Å². The molecule has 55 heavy (non-hydrogen) atoms. The lowest BCUT2D eigenvalue weighted by Crippen LogP contribution is -2.59. The van der Waals surface area contributed by atoms with E-state index in [0.717, 1.165) is 11.6 Å². The highest BCUT2D eigenvalue weighted by Crippen LogP contribution is 2.49. The second kappa shape index (κ2) is 14.8. The van der Waals surface area contributed by atoms with Gasteiger partial charge in [0.2, 0.25) is 0 Å². The van der Waals surface area contributed by atoms with Gasteiger partial charge < -0.3 is 28.9 Å². The number of carbonyl (C=O) groups is 2. The maximum atomic E-state index is 15.6. The third-order valence-electron chi connectivity index (χ3n) is 10.6. The number of anilines is 1. The van der Waals surface area contributed by atoms with Crippen molar-refractivity contribution in [2.24, 2.45) is 5.41 Å². The summed E-state index contributed by atoms with van der Waals surface area (Å²) in [4.78, 5) is 50.4. The third-order valence-corrected chi connectivity index (χ3v) is 11.2. The van der Waals surface area contributed by atoms with E-state index in [0.29, 0.717) is 61.8 Å². The lowest BCUT2D eigenvalue weighted by Gasteiger charge is -2.45. The number of hydrogen-bond donors (Lipinski definition) is 0. The molecule has 2 amide bonds. The Morgan fingerprint density at radius 1 is 0.964 bits per heavy atom. The molecular weight excluding hydrogens is 755 g/mol. The first-order valence-corrected chi connectivity index (χ1v) is 19.1. The molecule has 11 nitrogen and oxygen atoms in total. The monoisotopic (exact) mass is 797 g/mol. The number of carbonyl (C=O) groups excluding carboxylic acids is 2. The van der Waals surface area contributed by atoms with E-state index in [9.17, 15) is 18.8 Å². The average Bonchev–Trinajstić information content (AvgIpc) is 3.29. The summed E-state index contributed by atoms with van der Waals surface area (Å²) in [5.41, 5.74) is -0.604. The van der Waals surface area contributed by atoms with Gasteiger partial charge in [-0.1, -0.05) is 53.5 Å². The fraction of sp³-hybridized carbons (Fsp3) is 0.450. The standard InChI is InChI=1S/C40H43Cl2F2N5O6/c1-23-19-48(38(52)55-39(3,4)5)24(2)18-47(23)35-27-16-29(42)32(26-15-28(41)31(44)17-30(26)43)34-33(27)49(36(50)45-35)21-40(22-54-34)11-13-46(14-12-40)37(51)53-20-25-9-7-6-8-10-25/h6-10,15-17,23-24H,11-14,18-22H2,1-5H3/t23-,24+/m0/s1. The molecule has 0 aliphatic carbocycles. The molecule has 0 saturated carbocycles. The van der Waals surface area contributed by atoms with Gasteiger partial charge in [0.15, 0.2) is 5.75 Å². The number of aromatic nitrogens is 2. The molecule has 4 aromatic rings. The second-order valence-electron chi connectivity index (χ2n) is 15.8. The summed E-state index contributed by atoms with van der Waals surface area (Å²) in [5.74, 6) is -1.37. The Morgan fingerprint density at radius 2 is 1.67 bits per heavy atom. The molecular formula is C40H43Cl2F2N5O6. The zero-order chi connectivity index (χ0) is 39.4. The Balaban J connectivity index is 1.27. The van der Waals surface area contributed by atoms with Gasteiger partial charge in [0, 0.05) is 72.8 Å². The van der Waals surface area contributed by atoms with Gasteiger partial charge in [0.1, 0.15) is 29.7 Å². The van der Waals surface area contributed by atoms with Crippen LogP contribution in [0.3, 0.4) is 0 Å². The maximum Gasteiger partial charge on any atom is 0.410 e. The number of hydrogen-bond acceptors (Lipinski definition) is 8. The predicted octanol–water partition coefficient (Wildman–Crippen LogP) is 8.29. The van der Waals surface area contributed by atoms with Gasteiger partial charge in [-0.2, -0.15) is 4.98 Å². The summed E-state index contributed by atoms with van der Waals surface area (Å²) in [6.07, 6.45) is 0.0700. The van der Waals surface area contributed by atoms with E-state index in [1.54, 1.807) is 20.4 Å². The van der Waals surface area contributed by atoms with Crippen LogP contribution in [0.15, 0.2) is 53.3 Å². The fourth-order valence-corrected chi connectivity index (χ4v) is 8.17. The largest absolute Gasteiger partial charge is 0.490 e. The van der Waals surface area contributed by atoms with Gasteiger partial charge >= 0.3 is 17.9 Å². The first-order valence-electron chi connectivity index (χ1n) is 18.3. The van der Waals surface area contributed by atoms with Crippen molar-refractivity contribution < 1.29 is 32.6 Å². The second-order valence-corrected chi connectivity index (χ2v) is 16.6. The minimum absolute atomic E-state index is 0.0809. The Kier molecular flexibility index (Phi) is 10.4. The van der Waals surface area contributed by atoms with Crippen molar-refractivity contribution in [3.63, 3.8) is 0 Å². The van der Waals surface area contributed by atoms with Crippen molar-refractivity contribution in [1.82, 2.24) is 19.4 Å². The average molecular weight is 799 g/mol. The minimum Gasteiger partial charge on any atom is -0.490 e. The quantitative estimate of drug-likeness (QED) is 0.190. The van der Waals surface area contributed by atoms with E-state index in [-0.39, 0.29) is 58.8 Å². The van der Waals surface area contributed by atoms with E-state index < -0.39 is 40.5 Å². The molecule has 3 aliphatic rings. The van der Waals surface area contributed by atoms with Gasteiger partial charge in [-0.3, -0.25) is 4.57 Å². The Bertz CT molecular complexity index is 2210. The van der Waals surface area contributed by atoms with Crippen LogP contribution in [-0.4, -0.2) is 82.0 Å². The first kappa shape index (κ1) is 38.6. The molecule has 2 saturated heterocycles. The molecule has 1 aromatic heterocycles.